The number of amides is 1. The largest absolute Gasteiger partial charge is 0.497 e. The van der Waals surface area contributed by atoms with Crippen LogP contribution in [0.15, 0.2) is 115 Å². The zero-order valence-corrected chi connectivity index (χ0v) is 20.5. The molecule has 0 N–H and O–H groups in total. The average molecular weight is 478 g/mol. The van der Waals surface area contributed by atoms with Gasteiger partial charge in [-0.2, -0.15) is 0 Å². The third-order valence-electron chi connectivity index (χ3n) is 6.90. The number of likely N-dealkylation sites (tertiary alicyclic amines) is 1. The van der Waals surface area contributed by atoms with Crippen LogP contribution in [0.2, 0.25) is 0 Å². The Kier molecular flexibility index (Phi) is 7.15. The third kappa shape index (κ3) is 4.91. The van der Waals surface area contributed by atoms with Crippen LogP contribution in [0.4, 0.5) is 0 Å². The number of hydrogen-bond donors (Lipinski definition) is 0. The molecule has 0 radical (unpaired) electrons. The molecule has 1 aliphatic rings. The fourth-order valence-electron chi connectivity index (χ4n) is 5.08. The molecule has 0 saturated carbocycles. The maximum absolute atomic E-state index is 12.9. The first-order chi connectivity index (χ1) is 17.7. The molecule has 1 fully saturated rings. The Morgan fingerprint density at radius 3 is 1.72 bits per heavy atom. The SMILES string of the molecule is COc1ccc(CN2CC(COC(c3ccccc3)(c3ccccc3)c3ccccc3)CC2=O)cc1. The van der Waals surface area contributed by atoms with Gasteiger partial charge in [0, 0.05) is 25.4 Å². The summed E-state index contributed by atoms with van der Waals surface area (Å²) < 4.78 is 12.2. The Labute approximate surface area is 213 Å². The molecule has 4 aromatic carbocycles. The average Bonchev–Trinajstić information content (AvgIpc) is 3.30. The molecule has 1 saturated heterocycles. The zero-order valence-electron chi connectivity index (χ0n) is 20.5. The standard InChI is InChI=1S/C32H31NO3/c1-35-30-19-17-25(18-20-30)22-33-23-26(21-31(33)34)24-36-32(27-11-5-2-6-12-27,28-13-7-3-8-14-28)29-15-9-4-10-16-29/h2-20,26H,21-24H2,1H3. The lowest BCUT2D eigenvalue weighted by Gasteiger charge is -2.36. The summed E-state index contributed by atoms with van der Waals surface area (Å²) in [6.07, 6.45) is 0.491. The summed E-state index contributed by atoms with van der Waals surface area (Å²) in [5.74, 6) is 1.10. The van der Waals surface area contributed by atoms with E-state index in [1.54, 1.807) is 7.11 Å². The summed E-state index contributed by atoms with van der Waals surface area (Å²) in [6.45, 7) is 1.75. The van der Waals surface area contributed by atoms with Gasteiger partial charge in [-0.05, 0) is 34.4 Å². The van der Waals surface area contributed by atoms with Crippen LogP contribution in [-0.2, 0) is 21.7 Å². The first-order valence-electron chi connectivity index (χ1n) is 12.4. The van der Waals surface area contributed by atoms with Crippen LogP contribution in [0.25, 0.3) is 0 Å². The molecule has 4 heteroatoms. The van der Waals surface area contributed by atoms with E-state index in [0.29, 0.717) is 26.1 Å². The van der Waals surface area contributed by atoms with Gasteiger partial charge in [-0.25, -0.2) is 0 Å². The van der Waals surface area contributed by atoms with Crippen molar-refractivity contribution in [3.63, 3.8) is 0 Å². The first kappa shape index (κ1) is 23.8. The van der Waals surface area contributed by atoms with E-state index in [1.165, 1.54) is 0 Å². The number of rotatable bonds is 9. The van der Waals surface area contributed by atoms with E-state index >= 15 is 0 Å². The molecule has 1 amide bonds. The van der Waals surface area contributed by atoms with Crippen molar-refractivity contribution in [3.8, 4) is 5.75 Å². The second kappa shape index (κ2) is 10.8. The van der Waals surface area contributed by atoms with E-state index < -0.39 is 5.60 Å². The molecule has 1 heterocycles. The van der Waals surface area contributed by atoms with Crippen molar-refractivity contribution in [2.24, 2.45) is 5.92 Å². The van der Waals surface area contributed by atoms with Crippen molar-refractivity contribution in [2.45, 2.75) is 18.6 Å². The highest BCUT2D eigenvalue weighted by atomic mass is 16.5. The van der Waals surface area contributed by atoms with Gasteiger partial charge in [-0.15, -0.1) is 0 Å². The fraction of sp³-hybridized carbons (Fsp3) is 0.219. The minimum Gasteiger partial charge on any atom is -0.497 e. The molecule has 1 aliphatic heterocycles. The Hall–Kier alpha value is -3.89. The number of methoxy groups -OCH3 is 1. The van der Waals surface area contributed by atoms with Crippen LogP contribution in [0.5, 0.6) is 5.75 Å². The normalized spacial score (nSPS) is 15.8. The quantitative estimate of drug-likeness (QED) is 0.275. The Morgan fingerprint density at radius 1 is 0.750 bits per heavy atom. The summed E-state index contributed by atoms with van der Waals surface area (Å²) in [5.41, 5.74) is 3.54. The molecular formula is C32H31NO3. The Morgan fingerprint density at radius 2 is 1.25 bits per heavy atom. The number of carbonyl (C=O) groups excluding carboxylic acids is 1. The van der Waals surface area contributed by atoms with E-state index in [1.807, 2.05) is 47.4 Å². The summed E-state index contributed by atoms with van der Waals surface area (Å²) in [4.78, 5) is 14.8. The van der Waals surface area contributed by atoms with Crippen LogP contribution in [0.3, 0.4) is 0 Å². The number of ether oxygens (including phenoxy) is 2. The molecule has 0 spiro atoms. The monoisotopic (exact) mass is 477 g/mol. The predicted octanol–water partition coefficient (Wildman–Crippen LogP) is 6.05. The van der Waals surface area contributed by atoms with E-state index in [2.05, 4.69) is 72.8 Å². The van der Waals surface area contributed by atoms with Crippen molar-refractivity contribution >= 4 is 5.91 Å². The molecular weight excluding hydrogens is 446 g/mol. The molecule has 1 unspecified atom stereocenters. The van der Waals surface area contributed by atoms with Crippen LogP contribution < -0.4 is 4.74 Å². The lowest BCUT2D eigenvalue weighted by Crippen LogP contribution is -2.35. The molecule has 1 atom stereocenters. The maximum atomic E-state index is 12.9. The summed E-state index contributed by atoms with van der Waals surface area (Å²) in [7, 11) is 1.66. The second-order valence-electron chi connectivity index (χ2n) is 9.28. The molecule has 4 aromatic rings. The lowest BCUT2D eigenvalue weighted by atomic mass is 9.80. The molecule has 36 heavy (non-hydrogen) atoms. The van der Waals surface area contributed by atoms with Gasteiger partial charge in [0.1, 0.15) is 11.4 Å². The predicted molar refractivity (Wildman–Crippen MR) is 142 cm³/mol. The van der Waals surface area contributed by atoms with Gasteiger partial charge in [0.2, 0.25) is 5.91 Å². The minimum absolute atomic E-state index is 0.117. The Balaban J connectivity index is 1.41. The molecule has 0 aromatic heterocycles. The molecule has 182 valence electrons. The lowest BCUT2D eigenvalue weighted by molar-refractivity contribution is -0.128. The van der Waals surface area contributed by atoms with Crippen molar-refractivity contribution in [2.75, 3.05) is 20.3 Å². The first-order valence-corrected chi connectivity index (χ1v) is 12.4. The number of nitrogens with zero attached hydrogens (tertiary/aromatic N) is 1. The second-order valence-corrected chi connectivity index (χ2v) is 9.28. The van der Waals surface area contributed by atoms with Gasteiger partial charge in [0.05, 0.1) is 13.7 Å². The fourth-order valence-corrected chi connectivity index (χ4v) is 5.08. The van der Waals surface area contributed by atoms with Gasteiger partial charge in [0.15, 0.2) is 0 Å². The summed E-state index contributed by atoms with van der Waals surface area (Å²) in [6, 6.07) is 39.0. The van der Waals surface area contributed by atoms with E-state index in [-0.39, 0.29) is 11.8 Å². The minimum atomic E-state index is -0.768. The highest BCUT2D eigenvalue weighted by molar-refractivity contribution is 5.78. The van der Waals surface area contributed by atoms with Crippen molar-refractivity contribution in [3.05, 3.63) is 138 Å². The van der Waals surface area contributed by atoms with Crippen LogP contribution in [-0.4, -0.2) is 31.1 Å². The molecule has 0 aliphatic carbocycles. The number of benzene rings is 4. The molecule has 0 bridgehead atoms. The maximum Gasteiger partial charge on any atom is 0.223 e. The number of carbonyl (C=O) groups is 1. The summed E-state index contributed by atoms with van der Waals surface area (Å²) >= 11 is 0. The van der Waals surface area contributed by atoms with Crippen molar-refractivity contribution in [1.82, 2.24) is 4.90 Å². The van der Waals surface area contributed by atoms with Crippen molar-refractivity contribution in [1.29, 1.82) is 0 Å². The Bertz CT molecular complexity index is 1160. The highest BCUT2D eigenvalue weighted by Gasteiger charge is 2.39. The molecule has 5 rings (SSSR count). The van der Waals surface area contributed by atoms with Gasteiger partial charge in [-0.1, -0.05) is 103 Å². The van der Waals surface area contributed by atoms with Gasteiger partial charge in [-0.3, -0.25) is 4.79 Å². The van der Waals surface area contributed by atoms with Gasteiger partial charge < -0.3 is 14.4 Å². The van der Waals surface area contributed by atoms with Crippen LogP contribution in [0, 0.1) is 5.92 Å². The van der Waals surface area contributed by atoms with E-state index in [4.69, 9.17) is 9.47 Å². The van der Waals surface area contributed by atoms with Crippen molar-refractivity contribution < 1.29 is 14.3 Å². The highest BCUT2D eigenvalue weighted by Crippen LogP contribution is 2.41. The van der Waals surface area contributed by atoms with Gasteiger partial charge >= 0.3 is 0 Å². The van der Waals surface area contributed by atoms with Crippen LogP contribution >= 0.6 is 0 Å². The third-order valence-corrected chi connectivity index (χ3v) is 6.90. The summed E-state index contributed by atoms with van der Waals surface area (Å²) in [5, 5.41) is 0. The van der Waals surface area contributed by atoms with Crippen LogP contribution in [0.1, 0.15) is 28.7 Å². The molecule has 4 nitrogen and oxygen atoms in total. The smallest absolute Gasteiger partial charge is 0.223 e. The van der Waals surface area contributed by atoms with E-state index in [9.17, 15) is 4.79 Å². The topological polar surface area (TPSA) is 38.8 Å². The zero-order chi connectivity index (χ0) is 24.8. The van der Waals surface area contributed by atoms with E-state index in [0.717, 1.165) is 28.0 Å². The van der Waals surface area contributed by atoms with Gasteiger partial charge in [0.25, 0.3) is 0 Å². The number of hydrogen-bond acceptors (Lipinski definition) is 3.